The summed E-state index contributed by atoms with van der Waals surface area (Å²) in [6.45, 7) is 4.12. The summed E-state index contributed by atoms with van der Waals surface area (Å²) < 4.78 is 0. The first-order chi connectivity index (χ1) is 9.13. The molecule has 19 heavy (non-hydrogen) atoms. The molecule has 0 radical (unpaired) electrons. The first-order valence-electron chi connectivity index (χ1n) is 6.34. The molecular formula is C15H17BrN2O. The van der Waals surface area contributed by atoms with Crippen LogP contribution in [0.15, 0.2) is 36.5 Å². The summed E-state index contributed by atoms with van der Waals surface area (Å²) in [5.41, 5.74) is 1.52. The number of nitrogens with zero attached hydrogens (tertiary/aromatic N) is 1. The van der Waals surface area contributed by atoms with Gasteiger partial charge in [0.1, 0.15) is 0 Å². The fraction of sp³-hybridized carbons (Fsp3) is 0.333. The van der Waals surface area contributed by atoms with Crippen molar-refractivity contribution < 1.29 is 4.79 Å². The summed E-state index contributed by atoms with van der Waals surface area (Å²) in [7, 11) is 0. The Morgan fingerprint density at radius 3 is 2.79 bits per heavy atom. The number of hydrogen-bond acceptors (Lipinski definition) is 2. The molecule has 0 bridgehead atoms. The largest absolute Gasteiger partial charge is 0.349 e. The number of benzene rings is 1. The number of amides is 1. The Hall–Kier alpha value is -1.42. The highest BCUT2D eigenvalue weighted by Crippen LogP contribution is 2.16. The average Bonchev–Trinajstić information content (AvgIpc) is 2.45. The van der Waals surface area contributed by atoms with Crippen LogP contribution < -0.4 is 5.32 Å². The molecule has 1 amide bonds. The molecule has 0 saturated heterocycles. The number of pyridine rings is 1. The van der Waals surface area contributed by atoms with E-state index >= 15 is 0 Å². The number of aromatic nitrogens is 1. The monoisotopic (exact) mass is 320 g/mol. The van der Waals surface area contributed by atoms with Crippen LogP contribution in [0.4, 0.5) is 0 Å². The summed E-state index contributed by atoms with van der Waals surface area (Å²) in [4.78, 5) is 16.6. The van der Waals surface area contributed by atoms with Crippen molar-refractivity contribution in [2.75, 3.05) is 5.33 Å². The number of hydrogen-bond donors (Lipinski definition) is 1. The molecular weight excluding hydrogens is 304 g/mol. The molecule has 2 atom stereocenters. The van der Waals surface area contributed by atoms with Crippen LogP contribution in [0.1, 0.15) is 24.2 Å². The molecule has 3 nitrogen and oxygen atoms in total. The SMILES string of the molecule is CC(CBr)C(C)NC(=O)c1ccnc2ccccc12. The predicted molar refractivity (Wildman–Crippen MR) is 81.6 cm³/mol. The molecule has 1 aromatic carbocycles. The molecule has 0 saturated carbocycles. The van der Waals surface area contributed by atoms with Crippen molar-refractivity contribution in [1.82, 2.24) is 10.3 Å². The molecule has 100 valence electrons. The highest BCUT2D eigenvalue weighted by Gasteiger charge is 2.16. The maximum atomic E-state index is 12.3. The van der Waals surface area contributed by atoms with Gasteiger partial charge in [-0.2, -0.15) is 0 Å². The van der Waals surface area contributed by atoms with Gasteiger partial charge in [-0.25, -0.2) is 0 Å². The molecule has 1 aromatic heterocycles. The summed E-state index contributed by atoms with van der Waals surface area (Å²) >= 11 is 3.44. The second kappa shape index (κ2) is 6.15. The number of alkyl halides is 1. The molecule has 2 rings (SSSR count). The highest BCUT2D eigenvalue weighted by atomic mass is 79.9. The van der Waals surface area contributed by atoms with E-state index in [2.05, 4.69) is 33.2 Å². The first-order valence-corrected chi connectivity index (χ1v) is 7.46. The molecule has 1 N–H and O–H groups in total. The Labute approximate surface area is 121 Å². The van der Waals surface area contributed by atoms with E-state index in [0.29, 0.717) is 11.5 Å². The van der Waals surface area contributed by atoms with E-state index in [-0.39, 0.29) is 11.9 Å². The van der Waals surface area contributed by atoms with Gasteiger partial charge in [-0.05, 0) is 25.0 Å². The third-order valence-corrected chi connectivity index (χ3v) is 4.37. The molecule has 0 fully saturated rings. The number of carbonyl (C=O) groups is 1. The van der Waals surface area contributed by atoms with Crippen molar-refractivity contribution in [3.8, 4) is 0 Å². The molecule has 0 aliphatic rings. The molecule has 2 aromatic rings. The third-order valence-electron chi connectivity index (χ3n) is 3.35. The van der Waals surface area contributed by atoms with E-state index in [4.69, 9.17) is 0 Å². The minimum Gasteiger partial charge on any atom is -0.349 e. The fourth-order valence-corrected chi connectivity index (χ4v) is 2.42. The van der Waals surface area contributed by atoms with Crippen LogP contribution in [0.2, 0.25) is 0 Å². The lowest BCUT2D eigenvalue weighted by atomic mass is 10.0. The second-order valence-corrected chi connectivity index (χ2v) is 5.42. The van der Waals surface area contributed by atoms with Gasteiger partial charge in [0.25, 0.3) is 5.91 Å². The molecule has 0 aliphatic carbocycles. The number of fused-ring (bicyclic) bond motifs is 1. The van der Waals surface area contributed by atoms with Gasteiger partial charge in [0.15, 0.2) is 0 Å². The van der Waals surface area contributed by atoms with Crippen LogP contribution in [0.5, 0.6) is 0 Å². The van der Waals surface area contributed by atoms with Gasteiger partial charge in [0, 0.05) is 23.0 Å². The van der Waals surface area contributed by atoms with Crippen LogP contribution >= 0.6 is 15.9 Å². The van der Waals surface area contributed by atoms with Crippen molar-refractivity contribution in [2.24, 2.45) is 5.92 Å². The van der Waals surface area contributed by atoms with Gasteiger partial charge >= 0.3 is 0 Å². The van der Waals surface area contributed by atoms with Crippen LogP contribution in [-0.4, -0.2) is 22.3 Å². The van der Waals surface area contributed by atoms with E-state index in [0.717, 1.165) is 16.2 Å². The zero-order chi connectivity index (χ0) is 13.8. The van der Waals surface area contributed by atoms with E-state index in [9.17, 15) is 4.79 Å². The van der Waals surface area contributed by atoms with Crippen molar-refractivity contribution in [1.29, 1.82) is 0 Å². The standard InChI is InChI=1S/C15H17BrN2O/c1-10(9-16)11(2)18-15(19)13-7-8-17-14-6-4-3-5-12(13)14/h3-8,10-11H,9H2,1-2H3,(H,18,19). The Bertz CT molecular complexity index is 580. The van der Waals surface area contributed by atoms with E-state index < -0.39 is 0 Å². The smallest absolute Gasteiger partial charge is 0.252 e. The second-order valence-electron chi connectivity index (χ2n) is 4.77. The lowest BCUT2D eigenvalue weighted by molar-refractivity contribution is 0.0933. The number of carbonyl (C=O) groups excluding carboxylic acids is 1. The van der Waals surface area contributed by atoms with Crippen LogP contribution in [0.25, 0.3) is 10.9 Å². The van der Waals surface area contributed by atoms with Gasteiger partial charge in [0.2, 0.25) is 0 Å². The topological polar surface area (TPSA) is 42.0 Å². The lowest BCUT2D eigenvalue weighted by Gasteiger charge is -2.19. The minimum atomic E-state index is -0.0427. The van der Waals surface area contributed by atoms with Crippen molar-refractivity contribution in [3.05, 3.63) is 42.1 Å². The lowest BCUT2D eigenvalue weighted by Crippen LogP contribution is -2.37. The van der Waals surface area contributed by atoms with Gasteiger partial charge in [-0.3, -0.25) is 9.78 Å². The predicted octanol–water partition coefficient (Wildman–Crippen LogP) is 3.38. The summed E-state index contributed by atoms with van der Waals surface area (Å²) in [5, 5.41) is 4.80. The maximum Gasteiger partial charge on any atom is 0.252 e. The van der Waals surface area contributed by atoms with Crippen molar-refractivity contribution in [2.45, 2.75) is 19.9 Å². The zero-order valence-electron chi connectivity index (χ0n) is 11.1. The van der Waals surface area contributed by atoms with Gasteiger partial charge in [-0.15, -0.1) is 0 Å². The van der Waals surface area contributed by atoms with Gasteiger partial charge < -0.3 is 5.32 Å². The van der Waals surface area contributed by atoms with E-state index in [1.54, 1.807) is 12.3 Å². The third kappa shape index (κ3) is 3.13. The van der Waals surface area contributed by atoms with Crippen LogP contribution in [0.3, 0.4) is 0 Å². The summed E-state index contributed by atoms with van der Waals surface area (Å²) in [6, 6.07) is 9.58. The quantitative estimate of drug-likeness (QED) is 0.877. The maximum absolute atomic E-state index is 12.3. The normalized spacial score (nSPS) is 14.1. The molecule has 0 spiro atoms. The molecule has 1 heterocycles. The van der Waals surface area contributed by atoms with Gasteiger partial charge in [-0.1, -0.05) is 41.1 Å². The van der Waals surface area contributed by atoms with Gasteiger partial charge in [0.05, 0.1) is 11.1 Å². The van der Waals surface area contributed by atoms with Crippen molar-refractivity contribution in [3.63, 3.8) is 0 Å². The number of nitrogens with one attached hydrogen (secondary N) is 1. The number of rotatable bonds is 4. The summed E-state index contributed by atoms with van der Waals surface area (Å²) in [6.07, 6.45) is 1.68. The fourth-order valence-electron chi connectivity index (χ4n) is 1.85. The average molecular weight is 321 g/mol. The molecule has 2 unspecified atom stereocenters. The molecule has 0 aliphatic heterocycles. The Morgan fingerprint density at radius 1 is 1.32 bits per heavy atom. The Morgan fingerprint density at radius 2 is 2.05 bits per heavy atom. The van der Waals surface area contributed by atoms with Crippen molar-refractivity contribution >= 4 is 32.7 Å². The van der Waals surface area contributed by atoms with E-state index in [1.165, 1.54) is 0 Å². The highest BCUT2D eigenvalue weighted by molar-refractivity contribution is 9.09. The summed E-state index contributed by atoms with van der Waals surface area (Å²) in [5.74, 6) is 0.343. The Kier molecular flexibility index (Phi) is 4.53. The zero-order valence-corrected chi connectivity index (χ0v) is 12.6. The van der Waals surface area contributed by atoms with E-state index in [1.807, 2.05) is 31.2 Å². The number of para-hydroxylation sites is 1. The van der Waals surface area contributed by atoms with Crippen LogP contribution in [0, 0.1) is 5.92 Å². The minimum absolute atomic E-state index is 0.0427. The first kappa shape index (κ1) is 14.0. The Balaban J connectivity index is 2.27. The number of halogens is 1. The molecule has 4 heteroatoms. The van der Waals surface area contributed by atoms with Crippen LogP contribution in [-0.2, 0) is 0 Å².